The van der Waals surface area contributed by atoms with Gasteiger partial charge in [-0.25, -0.2) is 0 Å². The first-order valence-electron chi connectivity index (χ1n) is 8.02. The Hall–Kier alpha value is -1.42. The minimum Gasteiger partial charge on any atom is -0.493 e. The van der Waals surface area contributed by atoms with E-state index >= 15 is 0 Å². The summed E-state index contributed by atoms with van der Waals surface area (Å²) in [5.74, 6) is 0.701. The zero-order valence-corrected chi connectivity index (χ0v) is 13.2. The van der Waals surface area contributed by atoms with Gasteiger partial charge in [0.2, 0.25) is 0 Å². The van der Waals surface area contributed by atoms with Crippen molar-refractivity contribution in [1.82, 2.24) is 0 Å². The van der Waals surface area contributed by atoms with Crippen molar-refractivity contribution in [2.45, 2.75) is 50.4 Å². The third-order valence-electron chi connectivity index (χ3n) is 5.33. The normalized spacial score (nSPS) is 21.7. The van der Waals surface area contributed by atoms with Crippen LogP contribution in [0.5, 0.6) is 11.5 Å². The van der Waals surface area contributed by atoms with Crippen molar-refractivity contribution in [2.75, 3.05) is 13.2 Å². The van der Waals surface area contributed by atoms with Crippen LogP contribution in [0.1, 0.15) is 48.8 Å². The predicted molar refractivity (Wildman–Crippen MR) is 82.2 cm³/mol. The van der Waals surface area contributed by atoms with E-state index in [9.17, 15) is 9.90 Å². The Morgan fingerprint density at radius 3 is 2.32 bits per heavy atom. The van der Waals surface area contributed by atoms with Gasteiger partial charge < -0.3 is 14.6 Å². The number of fused-ring (bicyclic) bond motifs is 2. The first kappa shape index (κ1) is 14.2. The number of aliphatic carboxylic acids is 1. The van der Waals surface area contributed by atoms with Crippen LogP contribution in [-0.2, 0) is 23.1 Å². The third kappa shape index (κ3) is 1.79. The number of benzene rings is 1. The van der Waals surface area contributed by atoms with Gasteiger partial charge in [-0.2, -0.15) is 0 Å². The maximum atomic E-state index is 12.2. The molecule has 1 aromatic carbocycles. The van der Waals surface area contributed by atoms with Crippen molar-refractivity contribution in [3.63, 3.8) is 0 Å². The third-order valence-corrected chi connectivity index (χ3v) is 5.73. The molecule has 0 bridgehead atoms. The van der Waals surface area contributed by atoms with Gasteiger partial charge in [0, 0.05) is 29.5 Å². The maximum Gasteiger partial charge on any atom is 0.314 e. The van der Waals surface area contributed by atoms with Crippen LogP contribution in [0.2, 0.25) is 5.02 Å². The number of carbonyl (C=O) groups is 1. The van der Waals surface area contributed by atoms with E-state index in [0.717, 1.165) is 54.5 Å². The first-order chi connectivity index (χ1) is 10.6. The molecule has 1 N–H and O–H groups in total. The fourth-order valence-corrected chi connectivity index (χ4v) is 4.63. The van der Waals surface area contributed by atoms with Crippen LogP contribution in [0.25, 0.3) is 0 Å². The molecule has 4 nitrogen and oxygen atoms in total. The lowest BCUT2D eigenvalue weighted by Gasteiger charge is -2.36. The van der Waals surface area contributed by atoms with Gasteiger partial charge in [-0.15, -0.1) is 0 Å². The Morgan fingerprint density at radius 2 is 1.64 bits per heavy atom. The Morgan fingerprint density at radius 1 is 1.00 bits per heavy atom. The minimum atomic E-state index is -0.838. The van der Waals surface area contributed by atoms with E-state index in [1.807, 2.05) is 0 Å². The predicted octanol–water partition coefficient (Wildman–Crippen LogP) is 3.50. The molecule has 118 valence electrons. The molecule has 1 saturated carbocycles. The highest BCUT2D eigenvalue weighted by Crippen LogP contribution is 2.54. The number of hydrogen-bond donors (Lipinski definition) is 1. The van der Waals surface area contributed by atoms with Crippen LogP contribution < -0.4 is 9.47 Å². The molecule has 0 aromatic heterocycles. The molecule has 0 radical (unpaired) electrons. The second-order valence-electron chi connectivity index (χ2n) is 6.45. The fourth-order valence-electron chi connectivity index (χ4n) is 4.28. The summed E-state index contributed by atoms with van der Waals surface area (Å²) < 4.78 is 11.6. The summed E-state index contributed by atoms with van der Waals surface area (Å²) in [7, 11) is 0. The molecule has 0 spiro atoms. The van der Waals surface area contributed by atoms with Gasteiger partial charge in [-0.1, -0.05) is 30.9 Å². The number of ether oxygens (including phenoxy) is 2. The molecule has 1 fully saturated rings. The van der Waals surface area contributed by atoms with Gasteiger partial charge in [0.15, 0.2) is 0 Å². The number of rotatable bonds is 2. The van der Waals surface area contributed by atoms with Crippen LogP contribution >= 0.6 is 11.6 Å². The average molecular weight is 323 g/mol. The molecule has 0 atom stereocenters. The molecular formula is C17H19ClO4. The largest absolute Gasteiger partial charge is 0.493 e. The molecule has 3 aliphatic rings. The monoisotopic (exact) mass is 322 g/mol. The summed E-state index contributed by atoms with van der Waals surface area (Å²) in [6.07, 6.45) is 5.78. The van der Waals surface area contributed by atoms with Crippen molar-refractivity contribution in [1.29, 1.82) is 0 Å². The summed E-state index contributed by atoms with van der Waals surface area (Å²) in [4.78, 5) is 12.2. The number of hydrogen-bond acceptors (Lipinski definition) is 3. The van der Waals surface area contributed by atoms with Crippen LogP contribution in [0.3, 0.4) is 0 Å². The number of carboxylic acid groups (broad SMARTS) is 1. The van der Waals surface area contributed by atoms with E-state index in [4.69, 9.17) is 21.1 Å². The number of halogens is 1. The molecule has 0 amide bonds. The Labute approximate surface area is 134 Å². The van der Waals surface area contributed by atoms with Gasteiger partial charge in [0.1, 0.15) is 11.5 Å². The van der Waals surface area contributed by atoms with Crippen molar-refractivity contribution in [3.05, 3.63) is 21.7 Å². The second-order valence-corrected chi connectivity index (χ2v) is 6.83. The van der Waals surface area contributed by atoms with E-state index in [1.165, 1.54) is 0 Å². The van der Waals surface area contributed by atoms with Gasteiger partial charge in [-0.05, 0) is 12.8 Å². The summed E-state index contributed by atoms with van der Waals surface area (Å²) in [6, 6.07) is 0. The van der Waals surface area contributed by atoms with Crippen molar-refractivity contribution in [2.24, 2.45) is 0 Å². The molecule has 5 heteroatoms. The maximum absolute atomic E-state index is 12.2. The topological polar surface area (TPSA) is 55.8 Å². The van der Waals surface area contributed by atoms with Crippen LogP contribution in [0, 0.1) is 0 Å². The van der Waals surface area contributed by atoms with E-state index in [-0.39, 0.29) is 0 Å². The molecule has 1 aliphatic carbocycles. The van der Waals surface area contributed by atoms with Gasteiger partial charge >= 0.3 is 5.97 Å². The Balaban J connectivity index is 2.00. The standard InChI is InChI=1S/C17H19ClO4/c18-13-11-5-9-21-14(11)12(10-4-8-22-15(10)13)17(16(19)20)6-2-1-3-7-17/h1-9H2,(H,19,20). The lowest BCUT2D eigenvalue weighted by Crippen LogP contribution is -2.39. The molecule has 0 saturated heterocycles. The van der Waals surface area contributed by atoms with Gasteiger partial charge in [0.25, 0.3) is 0 Å². The van der Waals surface area contributed by atoms with Crippen LogP contribution in [0.4, 0.5) is 0 Å². The summed E-state index contributed by atoms with van der Waals surface area (Å²) in [5, 5.41) is 10.7. The smallest absolute Gasteiger partial charge is 0.314 e. The molecule has 0 unspecified atom stereocenters. The molecule has 22 heavy (non-hydrogen) atoms. The molecule has 4 rings (SSSR count). The number of carboxylic acids is 1. The molecule has 2 heterocycles. The SMILES string of the molecule is O=C(O)C1(c2c3c(c(Cl)c4c2OCC4)OCC3)CCCCC1. The van der Waals surface area contributed by atoms with Crippen molar-refractivity contribution in [3.8, 4) is 11.5 Å². The quantitative estimate of drug-likeness (QED) is 0.905. The first-order valence-corrected chi connectivity index (χ1v) is 8.39. The highest BCUT2D eigenvalue weighted by atomic mass is 35.5. The van der Waals surface area contributed by atoms with Crippen LogP contribution in [0.15, 0.2) is 0 Å². The Kier molecular flexibility index (Phi) is 3.26. The van der Waals surface area contributed by atoms with Gasteiger partial charge in [-0.3, -0.25) is 4.79 Å². The summed E-state index contributed by atoms with van der Waals surface area (Å²) in [5.41, 5.74) is 1.93. The summed E-state index contributed by atoms with van der Waals surface area (Å²) >= 11 is 6.48. The van der Waals surface area contributed by atoms with E-state index < -0.39 is 11.4 Å². The zero-order valence-electron chi connectivity index (χ0n) is 12.4. The zero-order chi connectivity index (χ0) is 15.3. The highest BCUT2D eigenvalue weighted by Gasteiger charge is 2.48. The van der Waals surface area contributed by atoms with Crippen molar-refractivity contribution >= 4 is 17.6 Å². The lowest BCUT2D eigenvalue weighted by molar-refractivity contribution is -0.145. The fraction of sp³-hybridized carbons (Fsp3) is 0.588. The van der Waals surface area contributed by atoms with Gasteiger partial charge in [0.05, 0.1) is 23.7 Å². The van der Waals surface area contributed by atoms with Crippen LogP contribution in [-0.4, -0.2) is 24.3 Å². The summed E-state index contributed by atoms with van der Waals surface area (Å²) in [6.45, 7) is 1.14. The highest BCUT2D eigenvalue weighted by molar-refractivity contribution is 6.33. The molecule has 2 aliphatic heterocycles. The second kappa shape index (κ2) is 5.05. The molecule has 1 aromatic rings. The Bertz CT molecular complexity index is 612. The molecular weight excluding hydrogens is 304 g/mol. The van der Waals surface area contributed by atoms with E-state index in [0.29, 0.717) is 36.8 Å². The van der Waals surface area contributed by atoms with Crippen molar-refractivity contribution < 1.29 is 19.4 Å². The lowest BCUT2D eigenvalue weighted by atomic mass is 9.67. The van der Waals surface area contributed by atoms with E-state index in [1.54, 1.807) is 0 Å². The van der Waals surface area contributed by atoms with E-state index in [2.05, 4.69) is 0 Å². The average Bonchev–Trinajstić information content (AvgIpc) is 3.17. The minimum absolute atomic E-state index is 0.570.